The minimum Gasteiger partial charge on any atom is -0.487 e. The second-order valence-corrected chi connectivity index (χ2v) is 8.50. The molecule has 0 saturated heterocycles. The quantitative estimate of drug-likeness (QED) is 0.418. The van der Waals surface area contributed by atoms with Gasteiger partial charge in [-0.3, -0.25) is 19.3 Å². The molecule has 0 atom stereocenters. The molecular weight excluding hydrogens is 464 g/mol. The summed E-state index contributed by atoms with van der Waals surface area (Å²) in [6.07, 6.45) is 0. The fraction of sp³-hybridized carbons (Fsp3) is 0.0769. The molecule has 35 heavy (non-hydrogen) atoms. The first kappa shape index (κ1) is 22.3. The van der Waals surface area contributed by atoms with Crippen LogP contribution in [-0.4, -0.2) is 29.3 Å². The predicted octanol–water partition coefficient (Wildman–Crippen LogP) is 4.57. The Kier molecular flexibility index (Phi) is 6.23. The molecule has 0 unspecified atom stereocenters. The highest BCUT2D eigenvalue weighted by atomic mass is 32.1. The summed E-state index contributed by atoms with van der Waals surface area (Å²) in [4.78, 5) is 43.5. The summed E-state index contributed by atoms with van der Waals surface area (Å²) in [5.74, 6) is -0.281. The summed E-state index contributed by atoms with van der Waals surface area (Å²) >= 11 is 1.50. The van der Waals surface area contributed by atoms with E-state index in [-0.39, 0.29) is 24.3 Å². The van der Waals surface area contributed by atoms with Crippen LogP contribution < -0.4 is 20.3 Å². The molecule has 0 saturated carbocycles. The lowest BCUT2D eigenvalue weighted by atomic mass is 10.1. The SMILES string of the molecule is O=C1CN(C(=O)c2ccc(NC(=O)c3cccc(OCc4cscn4)c3)cc2)c2ccccc2N1. The number of nitrogens with one attached hydrogen (secondary N) is 2. The van der Waals surface area contributed by atoms with E-state index in [9.17, 15) is 14.4 Å². The lowest BCUT2D eigenvalue weighted by molar-refractivity contribution is -0.115. The van der Waals surface area contributed by atoms with Gasteiger partial charge in [0.05, 0.1) is 22.6 Å². The molecule has 3 aromatic carbocycles. The summed E-state index contributed by atoms with van der Waals surface area (Å²) in [5.41, 5.74) is 5.20. The van der Waals surface area contributed by atoms with Gasteiger partial charge in [-0.2, -0.15) is 0 Å². The monoisotopic (exact) mass is 484 g/mol. The first-order chi connectivity index (χ1) is 17.1. The standard InChI is InChI=1S/C26H20N4O4S/c31-24-13-30(23-7-2-1-6-22(23)29-24)26(33)17-8-10-19(11-9-17)28-25(32)18-4-3-5-21(12-18)34-14-20-15-35-16-27-20/h1-12,15-16H,13-14H2,(H,28,32)(H,29,31). The number of carbonyl (C=O) groups excluding carboxylic acids is 3. The van der Waals surface area contributed by atoms with Crippen molar-refractivity contribution in [1.82, 2.24) is 4.98 Å². The van der Waals surface area contributed by atoms with Crippen LogP contribution in [0.4, 0.5) is 17.1 Å². The predicted molar refractivity (Wildman–Crippen MR) is 134 cm³/mol. The second-order valence-electron chi connectivity index (χ2n) is 7.78. The van der Waals surface area contributed by atoms with Gasteiger partial charge < -0.3 is 15.4 Å². The molecule has 1 aliphatic rings. The zero-order chi connectivity index (χ0) is 24.2. The Morgan fingerprint density at radius 3 is 2.66 bits per heavy atom. The van der Waals surface area contributed by atoms with Crippen LogP contribution in [0.15, 0.2) is 83.7 Å². The minimum atomic E-state index is -0.301. The van der Waals surface area contributed by atoms with E-state index in [0.717, 1.165) is 5.69 Å². The Morgan fingerprint density at radius 1 is 1.03 bits per heavy atom. The molecule has 5 rings (SSSR count). The number of aromatic nitrogens is 1. The van der Waals surface area contributed by atoms with Crippen LogP contribution in [-0.2, 0) is 11.4 Å². The number of nitrogens with zero attached hydrogens (tertiary/aromatic N) is 2. The molecule has 0 radical (unpaired) electrons. The van der Waals surface area contributed by atoms with Crippen molar-refractivity contribution in [3.8, 4) is 5.75 Å². The number of carbonyl (C=O) groups is 3. The van der Waals surface area contributed by atoms with Gasteiger partial charge in [0.25, 0.3) is 11.8 Å². The fourth-order valence-electron chi connectivity index (χ4n) is 3.66. The van der Waals surface area contributed by atoms with Crippen molar-refractivity contribution in [2.24, 2.45) is 0 Å². The molecule has 0 fully saturated rings. The normalized spacial score (nSPS) is 12.5. The zero-order valence-electron chi connectivity index (χ0n) is 18.4. The zero-order valence-corrected chi connectivity index (χ0v) is 19.2. The Morgan fingerprint density at radius 2 is 1.86 bits per heavy atom. The number of rotatable bonds is 6. The Bertz CT molecular complexity index is 1390. The van der Waals surface area contributed by atoms with Crippen LogP contribution >= 0.6 is 11.3 Å². The van der Waals surface area contributed by atoms with Gasteiger partial charge in [0, 0.05) is 22.2 Å². The van der Waals surface area contributed by atoms with Gasteiger partial charge in [0.1, 0.15) is 18.9 Å². The molecule has 0 spiro atoms. The van der Waals surface area contributed by atoms with E-state index in [4.69, 9.17) is 4.74 Å². The molecule has 9 heteroatoms. The van der Waals surface area contributed by atoms with Gasteiger partial charge in [-0.1, -0.05) is 18.2 Å². The van der Waals surface area contributed by atoms with E-state index in [1.807, 2.05) is 11.4 Å². The van der Waals surface area contributed by atoms with Crippen molar-refractivity contribution in [3.05, 3.63) is 101 Å². The number of hydrogen-bond acceptors (Lipinski definition) is 6. The number of thiazole rings is 1. The van der Waals surface area contributed by atoms with Crippen LogP contribution in [0.1, 0.15) is 26.4 Å². The topological polar surface area (TPSA) is 101 Å². The molecule has 2 N–H and O–H groups in total. The van der Waals surface area contributed by atoms with Crippen molar-refractivity contribution in [3.63, 3.8) is 0 Å². The maximum absolute atomic E-state index is 13.1. The first-order valence-corrected chi connectivity index (χ1v) is 11.7. The van der Waals surface area contributed by atoms with Crippen LogP contribution in [0, 0.1) is 0 Å². The lowest BCUT2D eigenvalue weighted by Crippen LogP contribution is -2.42. The van der Waals surface area contributed by atoms with Crippen molar-refractivity contribution >= 4 is 46.1 Å². The number of hydrogen-bond donors (Lipinski definition) is 2. The average Bonchev–Trinajstić information content (AvgIpc) is 3.41. The second kappa shape index (κ2) is 9.78. The highest BCUT2D eigenvalue weighted by Gasteiger charge is 2.27. The molecule has 1 aliphatic heterocycles. The molecule has 4 aromatic rings. The van der Waals surface area contributed by atoms with E-state index >= 15 is 0 Å². The lowest BCUT2D eigenvalue weighted by Gasteiger charge is -2.29. The van der Waals surface area contributed by atoms with E-state index in [1.165, 1.54) is 16.2 Å². The average molecular weight is 485 g/mol. The Hall–Kier alpha value is -4.50. The number of amides is 3. The maximum Gasteiger partial charge on any atom is 0.258 e. The summed E-state index contributed by atoms with van der Waals surface area (Å²) in [7, 11) is 0. The van der Waals surface area contributed by atoms with Gasteiger partial charge in [-0.25, -0.2) is 4.98 Å². The molecule has 1 aromatic heterocycles. The van der Waals surface area contributed by atoms with Crippen LogP contribution in [0.3, 0.4) is 0 Å². The third kappa shape index (κ3) is 5.04. The van der Waals surface area contributed by atoms with Crippen LogP contribution in [0.5, 0.6) is 5.75 Å². The van der Waals surface area contributed by atoms with E-state index in [0.29, 0.717) is 40.5 Å². The third-order valence-electron chi connectivity index (χ3n) is 5.37. The van der Waals surface area contributed by atoms with Crippen LogP contribution in [0.25, 0.3) is 0 Å². The molecule has 3 amide bonds. The number of ether oxygens (including phenoxy) is 1. The molecule has 0 aliphatic carbocycles. The number of anilines is 3. The van der Waals surface area contributed by atoms with Gasteiger partial charge >= 0.3 is 0 Å². The number of benzene rings is 3. The number of para-hydroxylation sites is 2. The Labute approximate surface area is 205 Å². The molecule has 174 valence electrons. The third-order valence-corrected chi connectivity index (χ3v) is 6.01. The molecule has 0 bridgehead atoms. The van der Waals surface area contributed by atoms with Crippen molar-refractivity contribution in [1.29, 1.82) is 0 Å². The molecule has 8 nitrogen and oxygen atoms in total. The molecule has 2 heterocycles. The highest BCUT2D eigenvalue weighted by Crippen LogP contribution is 2.30. The van der Waals surface area contributed by atoms with Crippen LogP contribution in [0.2, 0.25) is 0 Å². The van der Waals surface area contributed by atoms with E-state index in [1.54, 1.807) is 72.2 Å². The van der Waals surface area contributed by atoms with Gasteiger partial charge in [0.15, 0.2) is 0 Å². The van der Waals surface area contributed by atoms with E-state index in [2.05, 4.69) is 15.6 Å². The Balaban J connectivity index is 1.25. The smallest absolute Gasteiger partial charge is 0.258 e. The molecular formula is C26H20N4O4S. The first-order valence-electron chi connectivity index (χ1n) is 10.8. The summed E-state index contributed by atoms with van der Waals surface area (Å²) in [6, 6.07) is 20.6. The van der Waals surface area contributed by atoms with Crippen molar-refractivity contribution in [2.45, 2.75) is 6.61 Å². The largest absolute Gasteiger partial charge is 0.487 e. The number of fused-ring (bicyclic) bond motifs is 1. The summed E-state index contributed by atoms with van der Waals surface area (Å²) < 4.78 is 5.72. The van der Waals surface area contributed by atoms with Gasteiger partial charge in [0.2, 0.25) is 5.91 Å². The highest BCUT2D eigenvalue weighted by molar-refractivity contribution is 7.07. The van der Waals surface area contributed by atoms with Gasteiger partial charge in [-0.05, 0) is 54.6 Å². The summed E-state index contributed by atoms with van der Waals surface area (Å²) in [5, 5.41) is 7.51. The summed E-state index contributed by atoms with van der Waals surface area (Å²) in [6.45, 7) is 0.266. The maximum atomic E-state index is 13.1. The van der Waals surface area contributed by atoms with Gasteiger partial charge in [-0.15, -0.1) is 11.3 Å². The van der Waals surface area contributed by atoms with Crippen molar-refractivity contribution in [2.75, 3.05) is 22.1 Å². The van der Waals surface area contributed by atoms with Crippen molar-refractivity contribution < 1.29 is 19.1 Å². The minimum absolute atomic E-state index is 0.0603. The van der Waals surface area contributed by atoms with E-state index < -0.39 is 0 Å². The fourth-order valence-corrected chi connectivity index (χ4v) is 4.21.